The first kappa shape index (κ1) is 12.4. The van der Waals surface area contributed by atoms with Gasteiger partial charge in [-0.15, -0.1) is 11.8 Å². The van der Waals surface area contributed by atoms with Crippen molar-refractivity contribution in [2.24, 2.45) is 5.14 Å². The third-order valence-electron chi connectivity index (χ3n) is 2.36. The topological polar surface area (TPSA) is 60.2 Å². The van der Waals surface area contributed by atoms with E-state index in [1.54, 1.807) is 0 Å². The van der Waals surface area contributed by atoms with E-state index in [0.29, 0.717) is 5.75 Å². The van der Waals surface area contributed by atoms with Crippen LogP contribution in [0.25, 0.3) is 10.8 Å². The van der Waals surface area contributed by atoms with Gasteiger partial charge in [0.1, 0.15) is 0 Å². The van der Waals surface area contributed by atoms with E-state index >= 15 is 0 Å². The van der Waals surface area contributed by atoms with E-state index < -0.39 is 10.0 Å². The lowest BCUT2D eigenvalue weighted by atomic mass is 10.1. The van der Waals surface area contributed by atoms with Crippen LogP contribution in [0.3, 0.4) is 0 Å². The van der Waals surface area contributed by atoms with Gasteiger partial charge in [0.15, 0.2) is 0 Å². The fourth-order valence-corrected chi connectivity index (χ4v) is 3.41. The van der Waals surface area contributed by atoms with Crippen molar-refractivity contribution in [1.29, 1.82) is 0 Å². The molecular weight excluding hydrogens is 254 g/mol. The Labute approximate surface area is 105 Å². The highest BCUT2D eigenvalue weighted by Crippen LogP contribution is 2.23. The molecule has 0 saturated heterocycles. The molecule has 0 aliphatic rings. The van der Waals surface area contributed by atoms with Gasteiger partial charge >= 0.3 is 0 Å². The van der Waals surface area contributed by atoms with Gasteiger partial charge in [-0.3, -0.25) is 0 Å². The number of sulfonamides is 1. The predicted molar refractivity (Wildman–Crippen MR) is 72.6 cm³/mol. The number of fused-ring (bicyclic) bond motifs is 1. The molecule has 0 aromatic heterocycles. The summed E-state index contributed by atoms with van der Waals surface area (Å²) in [4.78, 5) is 1.06. The van der Waals surface area contributed by atoms with Crippen LogP contribution in [0.15, 0.2) is 47.4 Å². The minimum Gasteiger partial charge on any atom is -0.229 e. The molecule has 0 radical (unpaired) electrons. The van der Waals surface area contributed by atoms with Crippen LogP contribution in [0, 0.1) is 0 Å². The Kier molecular flexibility index (Phi) is 3.71. The van der Waals surface area contributed by atoms with Crippen molar-refractivity contribution < 1.29 is 8.42 Å². The van der Waals surface area contributed by atoms with Crippen molar-refractivity contribution in [1.82, 2.24) is 0 Å². The molecule has 0 amide bonds. The Morgan fingerprint density at radius 3 is 2.47 bits per heavy atom. The van der Waals surface area contributed by atoms with Crippen molar-refractivity contribution in [2.75, 3.05) is 11.5 Å². The van der Waals surface area contributed by atoms with Gasteiger partial charge in [0, 0.05) is 10.6 Å². The predicted octanol–water partition coefficient (Wildman–Crippen LogP) is 2.22. The van der Waals surface area contributed by atoms with Crippen molar-refractivity contribution in [3.8, 4) is 0 Å². The Bertz CT molecular complexity index is 623. The molecule has 90 valence electrons. The fraction of sp³-hybridized carbons (Fsp3) is 0.167. The monoisotopic (exact) mass is 267 g/mol. The summed E-state index contributed by atoms with van der Waals surface area (Å²) in [7, 11) is -3.36. The molecule has 2 aromatic carbocycles. The van der Waals surface area contributed by atoms with Gasteiger partial charge < -0.3 is 0 Å². The smallest absolute Gasteiger partial charge is 0.209 e. The normalized spacial score (nSPS) is 11.8. The third kappa shape index (κ3) is 3.73. The molecule has 17 heavy (non-hydrogen) atoms. The first-order chi connectivity index (χ1) is 8.04. The highest BCUT2D eigenvalue weighted by molar-refractivity contribution is 8.00. The Balaban J connectivity index is 2.09. The standard InChI is InChI=1S/C12H13NO2S2/c13-17(14,15)8-7-16-12-6-5-10-3-1-2-4-11(10)9-12/h1-6,9H,7-8H2,(H2,13,14,15). The third-order valence-corrected chi connectivity index (χ3v) is 4.38. The van der Waals surface area contributed by atoms with Crippen molar-refractivity contribution in [2.45, 2.75) is 4.90 Å². The molecule has 0 spiro atoms. The molecule has 0 aliphatic heterocycles. The summed E-state index contributed by atoms with van der Waals surface area (Å²) in [5.74, 6) is 0.488. The van der Waals surface area contributed by atoms with Crippen molar-refractivity contribution in [3.63, 3.8) is 0 Å². The summed E-state index contributed by atoms with van der Waals surface area (Å²) in [5.41, 5.74) is 0. The molecule has 3 nitrogen and oxygen atoms in total. The molecule has 0 fully saturated rings. The molecule has 2 aromatic rings. The van der Waals surface area contributed by atoms with Crippen LogP contribution < -0.4 is 5.14 Å². The van der Waals surface area contributed by atoms with Gasteiger partial charge in [-0.2, -0.15) is 0 Å². The molecular formula is C12H13NO2S2. The SMILES string of the molecule is NS(=O)(=O)CCSc1ccc2ccccc2c1. The molecule has 0 aliphatic carbocycles. The maximum Gasteiger partial charge on any atom is 0.209 e. The quantitative estimate of drug-likeness (QED) is 0.864. The van der Waals surface area contributed by atoms with Crippen LogP contribution >= 0.6 is 11.8 Å². The molecule has 0 heterocycles. The van der Waals surface area contributed by atoms with Gasteiger partial charge in [-0.1, -0.05) is 30.3 Å². The van der Waals surface area contributed by atoms with Crippen LogP contribution in [0.5, 0.6) is 0 Å². The van der Waals surface area contributed by atoms with Gasteiger partial charge in [0.2, 0.25) is 10.0 Å². The second kappa shape index (κ2) is 5.08. The lowest BCUT2D eigenvalue weighted by molar-refractivity contribution is 0.599. The van der Waals surface area contributed by atoms with Gasteiger partial charge in [0.25, 0.3) is 0 Å². The van der Waals surface area contributed by atoms with Crippen molar-refractivity contribution >= 4 is 32.6 Å². The molecule has 0 atom stereocenters. The molecule has 5 heteroatoms. The average Bonchev–Trinajstić information content (AvgIpc) is 2.27. The zero-order valence-electron chi connectivity index (χ0n) is 9.17. The van der Waals surface area contributed by atoms with E-state index in [1.165, 1.54) is 17.1 Å². The lowest BCUT2D eigenvalue weighted by Gasteiger charge is -2.03. The van der Waals surface area contributed by atoms with E-state index in [4.69, 9.17) is 5.14 Å². The maximum atomic E-state index is 10.8. The molecule has 2 N–H and O–H groups in total. The maximum absolute atomic E-state index is 10.8. The zero-order chi connectivity index (χ0) is 12.3. The summed E-state index contributed by atoms with van der Waals surface area (Å²) in [5, 5.41) is 7.29. The summed E-state index contributed by atoms with van der Waals surface area (Å²) < 4.78 is 21.6. The summed E-state index contributed by atoms with van der Waals surface area (Å²) in [6.45, 7) is 0. The van der Waals surface area contributed by atoms with Crippen LogP contribution in [0.4, 0.5) is 0 Å². The molecule has 0 saturated carbocycles. The van der Waals surface area contributed by atoms with E-state index in [2.05, 4.69) is 6.07 Å². The average molecular weight is 267 g/mol. The summed E-state index contributed by atoms with van der Waals surface area (Å²) in [6, 6.07) is 14.2. The van der Waals surface area contributed by atoms with Gasteiger partial charge in [-0.05, 0) is 22.9 Å². The minimum absolute atomic E-state index is 0.00446. The molecule has 0 bridgehead atoms. The highest BCUT2D eigenvalue weighted by Gasteiger charge is 2.03. The molecule has 0 unspecified atom stereocenters. The largest absolute Gasteiger partial charge is 0.229 e. The van der Waals surface area contributed by atoms with Gasteiger partial charge in [0.05, 0.1) is 5.75 Å². The van der Waals surface area contributed by atoms with E-state index in [0.717, 1.165) is 10.3 Å². The van der Waals surface area contributed by atoms with Gasteiger partial charge in [-0.25, -0.2) is 13.6 Å². The number of hydrogen-bond acceptors (Lipinski definition) is 3. The first-order valence-electron chi connectivity index (χ1n) is 5.17. The highest BCUT2D eigenvalue weighted by atomic mass is 32.2. The second-order valence-corrected chi connectivity index (χ2v) is 6.63. The first-order valence-corrected chi connectivity index (χ1v) is 7.87. The Morgan fingerprint density at radius 2 is 1.76 bits per heavy atom. The number of nitrogens with two attached hydrogens (primary N) is 1. The van der Waals surface area contributed by atoms with Crippen molar-refractivity contribution in [3.05, 3.63) is 42.5 Å². The number of rotatable bonds is 4. The number of benzene rings is 2. The van der Waals surface area contributed by atoms with Crippen LogP contribution in [0.1, 0.15) is 0 Å². The van der Waals surface area contributed by atoms with E-state index in [-0.39, 0.29) is 5.75 Å². The number of primary sulfonamides is 1. The van der Waals surface area contributed by atoms with Crippen LogP contribution in [-0.2, 0) is 10.0 Å². The second-order valence-electron chi connectivity index (χ2n) is 3.72. The lowest BCUT2D eigenvalue weighted by Crippen LogP contribution is -2.17. The molecule has 2 rings (SSSR count). The fourth-order valence-electron chi connectivity index (χ4n) is 1.53. The van der Waals surface area contributed by atoms with Crippen LogP contribution in [0.2, 0.25) is 0 Å². The zero-order valence-corrected chi connectivity index (χ0v) is 10.8. The summed E-state index contributed by atoms with van der Waals surface area (Å²) >= 11 is 1.50. The Morgan fingerprint density at radius 1 is 1.06 bits per heavy atom. The minimum atomic E-state index is -3.36. The van der Waals surface area contributed by atoms with Crippen LogP contribution in [-0.4, -0.2) is 19.9 Å². The Hall–Kier alpha value is -1.04. The summed E-state index contributed by atoms with van der Waals surface area (Å²) in [6.07, 6.45) is 0. The van der Waals surface area contributed by atoms with E-state index in [9.17, 15) is 8.42 Å². The number of hydrogen-bond donors (Lipinski definition) is 1. The van der Waals surface area contributed by atoms with E-state index in [1.807, 2.05) is 36.4 Å². The number of thioether (sulfide) groups is 1.